The first kappa shape index (κ1) is 14.2. The Kier molecular flexibility index (Phi) is 4.03. The van der Waals surface area contributed by atoms with E-state index in [1.54, 1.807) is 17.5 Å². The Balaban J connectivity index is 1.67. The number of aromatic nitrogens is 1. The molecule has 1 amide bonds. The Hall–Kier alpha value is -1.72. The van der Waals surface area contributed by atoms with Crippen LogP contribution in [0, 0.1) is 0 Å². The van der Waals surface area contributed by atoms with E-state index in [2.05, 4.69) is 10.3 Å². The molecule has 0 saturated heterocycles. The molecule has 3 N–H and O–H groups in total. The lowest BCUT2D eigenvalue weighted by atomic mass is 9.94. The predicted molar refractivity (Wildman–Crippen MR) is 86.2 cm³/mol. The fourth-order valence-electron chi connectivity index (χ4n) is 2.88. The van der Waals surface area contributed by atoms with Gasteiger partial charge in [-0.2, -0.15) is 0 Å². The second-order valence-electron chi connectivity index (χ2n) is 5.71. The van der Waals surface area contributed by atoms with Crippen LogP contribution in [0.1, 0.15) is 32.1 Å². The van der Waals surface area contributed by atoms with Gasteiger partial charge in [-0.25, -0.2) is 4.98 Å². The highest BCUT2D eigenvalue weighted by Crippen LogP contribution is 2.30. The SMILES string of the molecule is NC1(CC(=O)Nc2cccc(-c3nccs3)c2)CCCC1. The van der Waals surface area contributed by atoms with Gasteiger partial charge in [0.05, 0.1) is 0 Å². The highest BCUT2D eigenvalue weighted by Gasteiger charge is 2.31. The summed E-state index contributed by atoms with van der Waals surface area (Å²) in [5.41, 5.74) is 7.76. The summed E-state index contributed by atoms with van der Waals surface area (Å²) in [7, 11) is 0. The van der Waals surface area contributed by atoms with E-state index in [9.17, 15) is 4.79 Å². The van der Waals surface area contributed by atoms with Crippen molar-refractivity contribution in [1.29, 1.82) is 0 Å². The third kappa shape index (κ3) is 3.49. The van der Waals surface area contributed by atoms with Gasteiger partial charge in [0, 0.05) is 34.8 Å². The molecule has 1 aromatic heterocycles. The summed E-state index contributed by atoms with van der Waals surface area (Å²) in [4.78, 5) is 16.5. The van der Waals surface area contributed by atoms with Gasteiger partial charge >= 0.3 is 0 Å². The van der Waals surface area contributed by atoms with Crippen LogP contribution in [0.4, 0.5) is 5.69 Å². The Morgan fingerprint density at radius 1 is 1.38 bits per heavy atom. The first-order valence-corrected chi connectivity index (χ1v) is 8.11. The molecular formula is C16H19N3OS. The van der Waals surface area contributed by atoms with Gasteiger partial charge in [0.2, 0.25) is 5.91 Å². The van der Waals surface area contributed by atoms with E-state index >= 15 is 0 Å². The molecule has 1 heterocycles. The lowest BCUT2D eigenvalue weighted by Gasteiger charge is -2.22. The van der Waals surface area contributed by atoms with Crippen molar-refractivity contribution in [3.8, 4) is 10.6 Å². The molecule has 3 rings (SSSR count). The molecule has 1 aromatic carbocycles. The number of nitrogens with two attached hydrogens (primary N) is 1. The number of carbonyl (C=O) groups is 1. The number of nitrogens with one attached hydrogen (secondary N) is 1. The maximum atomic E-state index is 12.2. The van der Waals surface area contributed by atoms with Crippen molar-refractivity contribution >= 4 is 22.9 Å². The van der Waals surface area contributed by atoms with E-state index in [1.807, 2.05) is 29.6 Å². The number of hydrogen-bond acceptors (Lipinski definition) is 4. The quantitative estimate of drug-likeness (QED) is 0.909. The van der Waals surface area contributed by atoms with Crippen LogP contribution in [-0.4, -0.2) is 16.4 Å². The number of hydrogen-bond donors (Lipinski definition) is 2. The number of benzene rings is 1. The molecule has 0 aliphatic heterocycles. The van der Waals surface area contributed by atoms with E-state index in [0.29, 0.717) is 6.42 Å². The van der Waals surface area contributed by atoms with Gasteiger partial charge in [-0.15, -0.1) is 11.3 Å². The molecule has 110 valence electrons. The average Bonchev–Trinajstić information content (AvgIpc) is 3.10. The molecule has 0 atom stereocenters. The number of carbonyl (C=O) groups excluding carboxylic acids is 1. The standard InChI is InChI=1S/C16H19N3OS/c17-16(6-1-2-7-16)11-14(20)19-13-5-3-4-12(10-13)15-18-8-9-21-15/h3-5,8-10H,1-2,6-7,11,17H2,(H,19,20). The fourth-order valence-corrected chi connectivity index (χ4v) is 3.51. The molecule has 2 aromatic rings. The molecule has 21 heavy (non-hydrogen) atoms. The fraction of sp³-hybridized carbons (Fsp3) is 0.375. The van der Waals surface area contributed by atoms with Crippen LogP contribution in [0.15, 0.2) is 35.8 Å². The van der Waals surface area contributed by atoms with E-state index in [4.69, 9.17) is 5.73 Å². The molecule has 1 aliphatic carbocycles. The van der Waals surface area contributed by atoms with Gasteiger partial charge in [0.15, 0.2) is 0 Å². The monoisotopic (exact) mass is 301 g/mol. The normalized spacial score (nSPS) is 16.8. The zero-order chi connectivity index (χ0) is 14.7. The van der Waals surface area contributed by atoms with Crippen molar-refractivity contribution in [1.82, 2.24) is 4.98 Å². The van der Waals surface area contributed by atoms with Gasteiger partial charge in [-0.05, 0) is 25.0 Å². The van der Waals surface area contributed by atoms with E-state index in [-0.39, 0.29) is 11.4 Å². The summed E-state index contributed by atoms with van der Waals surface area (Å²) in [6.07, 6.45) is 6.32. The summed E-state index contributed by atoms with van der Waals surface area (Å²) in [5, 5.41) is 5.85. The number of nitrogens with zero attached hydrogens (tertiary/aromatic N) is 1. The van der Waals surface area contributed by atoms with Gasteiger partial charge < -0.3 is 11.1 Å². The van der Waals surface area contributed by atoms with Gasteiger partial charge in [-0.1, -0.05) is 25.0 Å². The summed E-state index contributed by atoms with van der Waals surface area (Å²) >= 11 is 1.59. The van der Waals surface area contributed by atoms with Crippen molar-refractivity contribution in [3.05, 3.63) is 35.8 Å². The van der Waals surface area contributed by atoms with Crippen LogP contribution in [0.5, 0.6) is 0 Å². The molecule has 1 aliphatic rings. The van der Waals surface area contributed by atoms with Crippen LogP contribution in [0.2, 0.25) is 0 Å². The van der Waals surface area contributed by atoms with Crippen LogP contribution in [0.25, 0.3) is 10.6 Å². The van der Waals surface area contributed by atoms with Crippen molar-refractivity contribution in [2.45, 2.75) is 37.6 Å². The van der Waals surface area contributed by atoms with Gasteiger partial charge in [-0.3, -0.25) is 4.79 Å². The third-order valence-corrected chi connectivity index (χ3v) is 4.76. The molecule has 5 heteroatoms. The minimum atomic E-state index is -0.309. The smallest absolute Gasteiger partial charge is 0.226 e. The maximum absolute atomic E-state index is 12.2. The van der Waals surface area contributed by atoms with E-state index in [1.165, 1.54) is 0 Å². The lowest BCUT2D eigenvalue weighted by Crippen LogP contribution is -2.40. The van der Waals surface area contributed by atoms with Crippen LogP contribution >= 0.6 is 11.3 Å². The molecule has 4 nitrogen and oxygen atoms in total. The second kappa shape index (κ2) is 5.95. The Morgan fingerprint density at radius 3 is 2.90 bits per heavy atom. The zero-order valence-electron chi connectivity index (χ0n) is 11.8. The molecule has 1 saturated carbocycles. The lowest BCUT2D eigenvalue weighted by molar-refractivity contribution is -0.117. The minimum Gasteiger partial charge on any atom is -0.326 e. The summed E-state index contributed by atoms with van der Waals surface area (Å²) in [5.74, 6) is -0.00399. The van der Waals surface area contributed by atoms with Crippen LogP contribution in [0.3, 0.4) is 0 Å². The predicted octanol–water partition coefficient (Wildman–Crippen LogP) is 3.41. The third-order valence-electron chi connectivity index (χ3n) is 3.94. The molecule has 0 bridgehead atoms. The number of thiazole rings is 1. The highest BCUT2D eigenvalue weighted by atomic mass is 32.1. The van der Waals surface area contributed by atoms with Crippen molar-refractivity contribution in [2.75, 3.05) is 5.32 Å². The Morgan fingerprint density at radius 2 is 2.19 bits per heavy atom. The highest BCUT2D eigenvalue weighted by molar-refractivity contribution is 7.13. The summed E-state index contributed by atoms with van der Waals surface area (Å²) in [6, 6.07) is 7.78. The first-order valence-electron chi connectivity index (χ1n) is 7.23. The number of rotatable bonds is 4. The summed E-state index contributed by atoms with van der Waals surface area (Å²) < 4.78 is 0. The first-order chi connectivity index (χ1) is 10.1. The van der Waals surface area contributed by atoms with Crippen LogP contribution in [-0.2, 0) is 4.79 Å². The summed E-state index contributed by atoms with van der Waals surface area (Å²) in [6.45, 7) is 0. The van der Waals surface area contributed by atoms with E-state index in [0.717, 1.165) is 41.9 Å². The van der Waals surface area contributed by atoms with Gasteiger partial charge in [0.25, 0.3) is 0 Å². The maximum Gasteiger partial charge on any atom is 0.226 e. The topological polar surface area (TPSA) is 68.0 Å². The van der Waals surface area contributed by atoms with Gasteiger partial charge in [0.1, 0.15) is 5.01 Å². The Bertz CT molecular complexity index is 618. The van der Waals surface area contributed by atoms with Crippen LogP contribution < -0.4 is 11.1 Å². The number of anilines is 1. The number of amides is 1. The second-order valence-corrected chi connectivity index (χ2v) is 6.61. The molecule has 0 radical (unpaired) electrons. The molecule has 0 spiro atoms. The minimum absolute atomic E-state index is 0.00399. The largest absolute Gasteiger partial charge is 0.326 e. The average molecular weight is 301 g/mol. The van der Waals surface area contributed by atoms with Crippen molar-refractivity contribution in [3.63, 3.8) is 0 Å². The Labute approximate surface area is 128 Å². The van der Waals surface area contributed by atoms with Crippen molar-refractivity contribution in [2.24, 2.45) is 5.73 Å². The molecular weight excluding hydrogens is 282 g/mol. The van der Waals surface area contributed by atoms with E-state index < -0.39 is 0 Å². The zero-order valence-corrected chi connectivity index (χ0v) is 12.7. The molecule has 0 unspecified atom stereocenters. The molecule has 1 fully saturated rings. The van der Waals surface area contributed by atoms with Crippen molar-refractivity contribution < 1.29 is 4.79 Å².